The van der Waals surface area contributed by atoms with Crippen LogP contribution < -0.4 is 19.7 Å². The summed E-state index contributed by atoms with van der Waals surface area (Å²) in [5.41, 5.74) is 2.80. The number of benzene rings is 3. The molecule has 180 valence electrons. The first-order chi connectivity index (χ1) is 17.0. The zero-order valence-electron chi connectivity index (χ0n) is 19.3. The largest absolute Gasteiger partial charge is 0.497 e. The highest BCUT2D eigenvalue weighted by Gasteiger charge is 2.59. The first kappa shape index (κ1) is 23.0. The first-order valence-corrected chi connectivity index (χ1v) is 12.1. The molecule has 0 radical (unpaired) electrons. The van der Waals surface area contributed by atoms with Crippen LogP contribution in [-0.4, -0.2) is 43.4 Å². The Hall–Kier alpha value is -3.72. The lowest BCUT2D eigenvalue weighted by atomic mass is 10.1. The number of ether oxygens (including phenoxy) is 2. The van der Waals surface area contributed by atoms with E-state index in [0.717, 1.165) is 5.56 Å². The van der Waals surface area contributed by atoms with Gasteiger partial charge in [0.1, 0.15) is 17.3 Å². The van der Waals surface area contributed by atoms with Crippen molar-refractivity contribution in [1.82, 2.24) is 4.90 Å². The third kappa shape index (κ3) is 3.95. The topological polar surface area (TPSA) is 71.1 Å². The van der Waals surface area contributed by atoms with Crippen LogP contribution in [0.5, 0.6) is 11.5 Å². The van der Waals surface area contributed by atoms with Crippen molar-refractivity contribution in [3.05, 3.63) is 83.7 Å². The average Bonchev–Trinajstić information content (AvgIpc) is 3.42. The van der Waals surface area contributed by atoms with Gasteiger partial charge in [-0.3, -0.25) is 9.69 Å². The van der Waals surface area contributed by atoms with E-state index < -0.39 is 4.87 Å². The average molecular weight is 494 g/mol. The molecule has 5 rings (SSSR count). The minimum atomic E-state index is -1.22. The van der Waals surface area contributed by atoms with Gasteiger partial charge >= 0.3 is 6.03 Å². The fourth-order valence-corrected chi connectivity index (χ4v) is 5.97. The Morgan fingerprint density at radius 3 is 2.40 bits per heavy atom. The van der Waals surface area contributed by atoms with Crippen LogP contribution in [0, 0.1) is 5.82 Å². The predicted molar refractivity (Wildman–Crippen MR) is 133 cm³/mol. The first-order valence-electron chi connectivity index (χ1n) is 11.1. The maximum absolute atomic E-state index is 14.1. The summed E-state index contributed by atoms with van der Waals surface area (Å²) in [6, 6.07) is 18.2. The molecule has 2 aliphatic heterocycles. The number of hydrogen-bond donors (Lipinski definition) is 1. The van der Waals surface area contributed by atoms with Gasteiger partial charge in [0.2, 0.25) is 0 Å². The van der Waals surface area contributed by atoms with Gasteiger partial charge in [-0.2, -0.15) is 0 Å². The van der Waals surface area contributed by atoms with Crippen LogP contribution in [0.2, 0.25) is 0 Å². The summed E-state index contributed by atoms with van der Waals surface area (Å²) in [7, 11) is 3.14. The molecule has 3 aromatic carbocycles. The quantitative estimate of drug-likeness (QED) is 0.552. The summed E-state index contributed by atoms with van der Waals surface area (Å²) < 4.78 is 24.1. The maximum atomic E-state index is 14.1. The van der Waals surface area contributed by atoms with Crippen molar-refractivity contribution in [3.8, 4) is 11.5 Å². The van der Waals surface area contributed by atoms with Crippen LogP contribution in [0.3, 0.4) is 0 Å². The molecule has 35 heavy (non-hydrogen) atoms. The Morgan fingerprint density at radius 2 is 1.71 bits per heavy atom. The number of thioether (sulfide) groups is 1. The summed E-state index contributed by atoms with van der Waals surface area (Å²) in [5.74, 6) is 1.33. The van der Waals surface area contributed by atoms with Crippen LogP contribution >= 0.6 is 11.8 Å². The lowest BCUT2D eigenvalue weighted by Gasteiger charge is -2.33. The Morgan fingerprint density at radius 1 is 1.03 bits per heavy atom. The van der Waals surface area contributed by atoms with Crippen molar-refractivity contribution in [2.45, 2.75) is 11.4 Å². The van der Waals surface area contributed by atoms with Gasteiger partial charge in [0.25, 0.3) is 5.91 Å². The Balaban J connectivity index is 1.51. The van der Waals surface area contributed by atoms with Gasteiger partial charge in [0, 0.05) is 23.5 Å². The molecule has 1 atom stereocenters. The van der Waals surface area contributed by atoms with E-state index in [4.69, 9.17) is 9.47 Å². The standard InChI is InChI=1S/C26H24FN3O4S/c1-33-20-9-7-19(8-10-20)28-25(32)30-13-14-35-26(30)22-15-21(34-2)11-12-23(22)29(24(26)31)16-17-3-5-18(27)6-4-17/h3-12,15H,13-14,16H2,1-2H3,(H,28,32)/t26-/m0/s1. The monoisotopic (exact) mass is 493 g/mol. The molecule has 9 heteroatoms. The number of anilines is 2. The number of methoxy groups -OCH3 is 2. The Bertz CT molecular complexity index is 1270. The highest BCUT2D eigenvalue weighted by molar-refractivity contribution is 8.01. The van der Waals surface area contributed by atoms with Gasteiger partial charge in [0.05, 0.1) is 26.5 Å². The molecule has 2 aliphatic rings. The van der Waals surface area contributed by atoms with Crippen LogP contribution in [0.1, 0.15) is 11.1 Å². The van der Waals surface area contributed by atoms with Crippen LogP contribution in [-0.2, 0) is 16.2 Å². The van der Waals surface area contributed by atoms with Gasteiger partial charge < -0.3 is 19.7 Å². The molecular weight excluding hydrogens is 469 g/mol. The van der Waals surface area contributed by atoms with E-state index in [1.54, 1.807) is 66.5 Å². The highest BCUT2D eigenvalue weighted by atomic mass is 32.2. The molecule has 0 bridgehead atoms. The summed E-state index contributed by atoms with van der Waals surface area (Å²) in [6.45, 7) is 0.661. The smallest absolute Gasteiger partial charge is 0.323 e. The van der Waals surface area contributed by atoms with Gasteiger partial charge in [-0.05, 0) is 60.2 Å². The summed E-state index contributed by atoms with van der Waals surface area (Å²) in [4.78, 5) is 29.6. The molecule has 1 spiro atoms. The fraction of sp³-hybridized carbons (Fsp3) is 0.231. The van der Waals surface area contributed by atoms with Crippen molar-refractivity contribution in [1.29, 1.82) is 0 Å². The van der Waals surface area contributed by atoms with Crippen molar-refractivity contribution < 1.29 is 23.5 Å². The number of rotatable bonds is 5. The summed E-state index contributed by atoms with van der Waals surface area (Å²) >= 11 is 1.43. The molecule has 1 N–H and O–H groups in total. The van der Waals surface area contributed by atoms with E-state index in [1.807, 2.05) is 12.1 Å². The number of carbonyl (C=O) groups is 2. The molecule has 1 fully saturated rings. The zero-order chi connectivity index (χ0) is 24.6. The van der Waals surface area contributed by atoms with Crippen molar-refractivity contribution in [3.63, 3.8) is 0 Å². The van der Waals surface area contributed by atoms with Crippen LogP contribution in [0.4, 0.5) is 20.6 Å². The van der Waals surface area contributed by atoms with Crippen molar-refractivity contribution in [2.24, 2.45) is 0 Å². The number of amides is 3. The van der Waals surface area contributed by atoms with E-state index in [2.05, 4.69) is 5.32 Å². The van der Waals surface area contributed by atoms with Gasteiger partial charge in [0.15, 0.2) is 4.87 Å². The Labute approximate surface area is 206 Å². The molecule has 2 heterocycles. The molecular formula is C26H24FN3O4S. The van der Waals surface area contributed by atoms with E-state index in [1.165, 1.54) is 23.9 Å². The highest BCUT2D eigenvalue weighted by Crippen LogP contribution is 2.55. The van der Waals surface area contributed by atoms with Gasteiger partial charge in [-0.15, -0.1) is 11.8 Å². The number of nitrogens with zero attached hydrogens (tertiary/aromatic N) is 2. The molecule has 0 saturated carbocycles. The minimum Gasteiger partial charge on any atom is -0.497 e. The molecule has 3 aromatic rings. The molecule has 7 nitrogen and oxygen atoms in total. The number of urea groups is 1. The number of fused-ring (bicyclic) bond motifs is 2. The summed E-state index contributed by atoms with van der Waals surface area (Å²) in [5, 5.41) is 2.91. The molecule has 1 saturated heterocycles. The van der Waals surface area contributed by atoms with Gasteiger partial charge in [-0.1, -0.05) is 12.1 Å². The second-order valence-corrected chi connectivity index (χ2v) is 9.49. The number of carbonyl (C=O) groups excluding carboxylic acids is 2. The fourth-order valence-electron chi connectivity index (χ4n) is 4.52. The van der Waals surface area contributed by atoms with Gasteiger partial charge in [-0.25, -0.2) is 9.18 Å². The third-order valence-electron chi connectivity index (χ3n) is 6.24. The second kappa shape index (κ2) is 9.14. The lowest BCUT2D eigenvalue weighted by molar-refractivity contribution is -0.123. The van der Waals surface area contributed by atoms with E-state index >= 15 is 0 Å². The third-order valence-corrected chi connectivity index (χ3v) is 7.66. The normalized spacial score (nSPS) is 18.7. The van der Waals surface area contributed by atoms with Crippen LogP contribution in [0.25, 0.3) is 0 Å². The number of halogens is 1. The molecule has 3 amide bonds. The molecule has 0 aromatic heterocycles. The number of nitrogens with one attached hydrogen (secondary N) is 1. The van der Waals surface area contributed by atoms with E-state index in [-0.39, 0.29) is 24.3 Å². The predicted octanol–water partition coefficient (Wildman–Crippen LogP) is 4.82. The number of hydrogen-bond acceptors (Lipinski definition) is 5. The van der Waals surface area contributed by atoms with Crippen molar-refractivity contribution >= 4 is 35.1 Å². The van der Waals surface area contributed by atoms with Crippen molar-refractivity contribution in [2.75, 3.05) is 36.7 Å². The summed E-state index contributed by atoms with van der Waals surface area (Å²) in [6.07, 6.45) is 0. The SMILES string of the molecule is COc1ccc(NC(=O)N2CCS[C@@]23C(=O)N(Cc2ccc(F)cc2)c2ccc(OC)cc23)cc1. The van der Waals surface area contributed by atoms with Crippen LogP contribution in [0.15, 0.2) is 66.7 Å². The lowest BCUT2D eigenvalue weighted by Crippen LogP contribution is -2.51. The Kier molecular flexibility index (Phi) is 6.02. The zero-order valence-corrected chi connectivity index (χ0v) is 20.1. The maximum Gasteiger partial charge on any atom is 0.323 e. The second-order valence-electron chi connectivity index (χ2n) is 8.20. The van der Waals surface area contributed by atoms with E-state index in [0.29, 0.717) is 40.7 Å². The minimum absolute atomic E-state index is 0.211. The molecule has 0 unspecified atom stereocenters. The van der Waals surface area contributed by atoms with E-state index in [9.17, 15) is 14.0 Å². The molecule has 0 aliphatic carbocycles.